The number of benzene rings is 1. The minimum atomic E-state index is -3.86. The number of unbranched alkanes of at least 4 members (excludes halogenated alkanes) is 6. The fourth-order valence-electron chi connectivity index (χ4n) is 3.13. The van der Waals surface area contributed by atoms with Gasteiger partial charge in [-0.2, -0.15) is 8.42 Å². The maximum atomic E-state index is 12.4. The first-order valence-electron chi connectivity index (χ1n) is 10.3. The van der Waals surface area contributed by atoms with Gasteiger partial charge in [0, 0.05) is 12.5 Å². The van der Waals surface area contributed by atoms with Crippen molar-refractivity contribution in [2.45, 2.75) is 67.7 Å². The van der Waals surface area contributed by atoms with E-state index in [1.807, 2.05) is 0 Å². The van der Waals surface area contributed by atoms with Crippen LogP contribution in [0.5, 0.6) is 11.5 Å². The van der Waals surface area contributed by atoms with Crippen molar-refractivity contribution in [2.75, 3.05) is 26.6 Å². The van der Waals surface area contributed by atoms with Crippen LogP contribution in [-0.4, -0.2) is 43.9 Å². The van der Waals surface area contributed by atoms with Crippen LogP contribution in [0.15, 0.2) is 18.2 Å². The first-order chi connectivity index (χ1) is 14.4. The molecule has 6 nitrogen and oxygen atoms in total. The zero-order valence-corrected chi connectivity index (χ0v) is 21.4. The molecule has 0 saturated heterocycles. The van der Waals surface area contributed by atoms with Crippen LogP contribution in [-0.2, 0) is 19.9 Å². The van der Waals surface area contributed by atoms with Crippen molar-refractivity contribution in [1.29, 1.82) is 0 Å². The normalized spacial score (nSPS) is 14.3. The Bertz CT molecular complexity index is 745. The molecule has 0 amide bonds. The van der Waals surface area contributed by atoms with E-state index in [-0.39, 0.29) is 11.3 Å². The van der Waals surface area contributed by atoms with Gasteiger partial charge in [0.15, 0.2) is 3.79 Å². The predicted octanol–water partition coefficient (Wildman–Crippen LogP) is 5.75. The Labute approximate surface area is 201 Å². The van der Waals surface area contributed by atoms with Crippen LogP contribution in [0, 0.1) is 0 Å². The SMILES string of the molecule is CCCCCCCCCS(=O)(=O)OCC(O)(CC(Cl)(Cl)Cl)c1cc(OC)cc(OC)c1. The number of hydrogen-bond acceptors (Lipinski definition) is 6. The highest BCUT2D eigenvalue weighted by Gasteiger charge is 2.40. The lowest BCUT2D eigenvalue weighted by atomic mass is 9.91. The van der Waals surface area contributed by atoms with E-state index in [9.17, 15) is 13.5 Å². The highest BCUT2D eigenvalue weighted by atomic mass is 35.6. The highest BCUT2D eigenvalue weighted by molar-refractivity contribution is 7.86. The minimum Gasteiger partial charge on any atom is -0.497 e. The topological polar surface area (TPSA) is 82.1 Å². The predicted molar refractivity (Wildman–Crippen MR) is 126 cm³/mol. The van der Waals surface area contributed by atoms with E-state index in [0.717, 1.165) is 25.7 Å². The lowest BCUT2D eigenvalue weighted by molar-refractivity contribution is -0.0144. The van der Waals surface area contributed by atoms with Gasteiger partial charge in [0.25, 0.3) is 10.1 Å². The molecule has 0 bridgehead atoms. The van der Waals surface area contributed by atoms with Crippen molar-refractivity contribution in [3.05, 3.63) is 23.8 Å². The van der Waals surface area contributed by atoms with E-state index in [1.54, 1.807) is 6.07 Å². The quantitative estimate of drug-likeness (QED) is 0.180. The monoisotopic (exact) mass is 518 g/mol. The second-order valence-corrected chi connectivity index (χ2v) is 11.8. The fraction of sp³-hybridized carbons (Fsp3) is 0.714. The number of alkyl halides is 3. The molecule has 1 atom stereocenters. The summed E-state index contributed by atoms with van der Waals surface area (Å²) in [7, 11) is -0.951. The molecular weight excluding hydrogens is 487 g/mol. The van der Waals surface area contributed by atoms with E-state index in [0.29, 0.717) is 17.9 Å². The molecule has 0 aliphatic carbocycles. The molecule has 31 heavy (non-hydrogen) atoms. The van der Waals surface area contributed by atoms with Crippen LogP contribution in [0.25, 0.3) is 0 Å². The number of aliphatic hydroxyl groups is 1. The van der Waals surface area contributed by atoms with E-state index < -0.39 is 32.5 Å². The van der Waals surface area contributed by atoms with Crippen LogP contribution in [0.4, 0.5) is 0 Å². The van der Waals surface area contributed by atoms with Crippen molar-refractivity contribution in [3.63, 3.8) is 0 Å². The van der Waals surface area contributed by atoms with Crippen LogP contribution in [0.1, 0.15) is 63.9 Å². The van der Waals surface area contributed by atoms with Gasteiger partial charge in [0.05, 0.1) is 26.6 Å². The van der Waals surface area contributed by atoms with Crippen molar-refractivity contribution >= 4 is 44.9 Å². The molecule has 180 valence electrons. The van der Waals surface area contributed by atoms with Gasteiger partial charge < -0.3 is 14.6 Å². The van der Waals surface area contributed by atoms with Crippen molar-refractivity contribution < 1.29 is 27.2 Å². The van der Waals surface area contributed by atoms with Gasteiger partial charge in [-0.15, -0.1) is 0 Å². The third-order valence-electron chi connectivity index (χ3n) is 4.86. The second kappa shape index (κ2) is 13.3. The third kappa shape index (κ3) is 11.3. The molecule has 0 aromatic heterocycles. The fourth-order valence-corrected chi connectivity index (χ4v) is 4.84. The molecule has 1 unspecified atom stereocenters. The zero-order valence-electron chi connectivity index (χ0n) is 18.3. The summed E-state index contributed by atoms with van der Waals surface area (Å²) < 4.78 is 38.5. The summed E-state index contributed by atoms with van der Waals surface area (Å²) in [6.45, 7) is 1.55. The minimum absolute atomic E-state index is 0.133. The molecule has 0 heterocycles. The zero-order chi connectivity index (χ0) is 23.5. The van der Waals surface area contributed by atoms with Crippen LogP contribution in [0.2, 0.25) is 0 Å². The number of hydrogen-bond donors (Lipinski definition) is 1. The number of ether oxygens (including phenoxy) is 2. The summed E-state index contributed by atoms with van der Waals surface area (Å²) in [5, 5.41) is 11.3. The third-order valence-corrected chi connectivity index (χ3v) is 6.52. The van der Waals surface area contributed by atoms with Gasteiger partial charge in [0.2, 0.25) is 0 Å². The van der Waals surface area contributed by atoms with Crippen LogP contribution >= 0.6 is 34.8 Å². The molecule has 0 aliphatic rings. The molecule has 0 aliphatic heterocycles. The van der Waals surface area contributed by atoms with E-state index in [1.165, 1.54) is 39.2 Å². The Balaban J connectivity index is 2.86. The summed E-state index contributed by atoms with van der Waals surface area (Å²) in [6, 6.07) is 4.65. The smallest absolute Gasteiger partial charge is 0.267 e. The molecule has 1 aromatic rings. The Kier molecular flexibility index (Phi) is 12.3. The molecule has 0 spiro atoms. The van der Waals surface area contributed by atoms with Crippen LogP contribution in [0.3, 0.4) is 0 Å². The molecule has 1 aromatic carbocycles. The largest absolute Gasteiger partial charge is 0.497 e. The maximum Gasteiger partial charge on any atom is 0.267 e. The maximum absolute atomic E-state index is 12.4. The first kappa shape index (κ1) is 28.6. The van der Waals surface area contributed by atoms with Gasteiger partial charge in [-0.05, 0) is 24.1 Å². The van der Waals surface area contributed by atoms with E-state index >= 15 is 0 Å². The van der Waals surface area contributed by atoms with Gasteiger partial charge >= 0.3 is 0 Å². The average molecular weight is 520 g/mol. The summed E-state index contributed by atoms with van der Waals surface area (Å²) in [5.41, 5.74) is -1.65. The van der Waals surface area contributed by atoms with E-state index in [2.05, 4.69) is 6.92 Å². The Hall–Kier alpha value is -0.440. The van der Waals surface area contributed by atoms with E-state index in [4.69, 9.17) is 48.5 Å². The molecule has 0 fully saturated rings. The number of halogens is 3. The highest BCUT2D eigenvalue weighted by Crippen LogP contribution is 2.42. The standard InChI is InChI=1S/C21H33Cl3O6S/c1-4-5-6-7-8-9-10-11-31(26,27)30-16-20(25,15-21(22,23)24)17-12-18(28-2)14-19(13-17)29-3/h12-14,25H,4-11,15-16H2,1-3H3. The van der Waals surface area contributed by atoms with Gasteiger partial charge in [-0.1, -0.05) is 80.3 Å². The number of rotatable bonds is 15. The van der Waals surface area contributed by atoms with Gasteiger partial charge in [-0.25, -0.2) is 0 Å². The Morgan fingerprint density at radius 2 is 1.42 bits per heavy atom. The molecule has 1 N–H and O–H groups in total. The lowest BCUT2D eigenvalue weighted by Gasteiger charge is -2.31. The Morgan fingerprint density at radius 3 is 1.90 bits per heavy atom. The summed E-state index contributed by atoms with van der Waals surface area (Å²) in [4.78, 5) is 0. The lowest BCUT2D eigenvalue weighted by Crippen LogP contribution is -2.37. The van der Waals surface area contributed by atoms with Gasteiger partial charge in [0.1, 0.15) is 17.1 Å². The summed E-state index contributed by atoms with van der Waals surface area (Å²) in [6.07, 6.45) is 6.49. The summed E-state index contributed by atoms with van der Waals surface area (Å²) in [5.74, 6) is 0.650. The van der Waals surface area contributed by atoms with Gasteiger partial charge in [-0.3, -0.25) is 4.18 Å². The van der Waals surface area contributed by atoms with Crippen molar-refractivity contribution in [1.82, 2.24) is 0 Å². The molecule has 1 rings (SSSR count). The molecule has 0 radical (unpaired) electrons. The average Bonchev–Trinajstić information content (AvgIpc) is 2.70. The van der Waals surface area contributed by atoms with Crippen molar-refractivity contribution in [2.24, 2.45) is 0 Å². The first-order valence-corrected chi connectivity index (χ1v) is 13.1. The molecular formula is C21H33Cl3O6S. The second-order valence-electron chi connectivity index (χ2n) is 7.57. The number of methoxy groups -OCH3 is 2. The van der Waals surface area contributed by atoms with Crippen molar-refractivity contribution in [3.8, 4) is 11.5 Å². The summed E-state index contributed by atoms with van der Waals surface area (Å²) >= 11 is 17.8. The molecule has 10 heteroatoms. The Morgan fingerprint density at radius 1 is 0.903 bits per heavy atom. The molecule has 0 saturated carbocycles. The van der Waals surface area contributed by atoms with Crippen LogP contribution < -0.4 is 9.47 Å².